The van der Waals surface area contributed by atoms with Crippen LogP contribution in [-0.4, -0.2) is 19.7 Å². The van der Waals surface area contributed by atoms with Gasteiger partial charge in [0.15, 0.2) is 34.2 Å². The highest BCUT2D eigenvalue weighted by Crippen LogP contribution is 2.30. The van der Waals surface area contributed by atoms with Crippen molar-refractivity contribution in [1.82, 2.24) is 19.7 Å². The molecule has 0 N–H and O–H groups in total. The third kappa shape index (κ3) is 3.16. The van der Waals surface area contributed by atoms with Crippen LogP contribution in [0.1, 0.15) is 12.5 Å². The molecule has 0 atom stereocenters. The Morgan fingerprint density at radius 2 is 1.46 bits per heavy atom. The minimum atomic E-state index is -2.18. The Hall–Kier alpha value is -2.49. The maximum atomic E-state index is 13.8. The van der Waals surface area contributed by atoms with E-state index in [2.05, 4.69) is 15.2 Å². The maximum Gasteiger partial charge on any atom is 0.200 e. The van der Waals surface area contributed by atoms with E-state index in [9.17, 15) is 22.0 Å². The molecule has 0 spiro atoms. The Kier molecular flexibility index (Phi) is 5.21. The van der Waals surface area contributed by atoms with Gasteiger partial charge in [-0.3, -0.25) is 4.98 Å². The minimum absolute atomic E-state index is 0.295. The second kappa shape index (κ2) is 7.40. The van der Waals surface area contributed by atoms with Gasteiger partial charge in [0, 0.05) is 35.8 Å². The second-order valence-corrected chi connectivity index (χ2v) is 6.07. The molecule has 2 heterocycles. The molecular formula is C16H11F5N4S. The van der Waals surface area contributed by atoms with E-state index in [1.54, 1.807) is 29.1 Å². The van der Waals surface area contributed by atoms with E-state index in [1.807, 2.05) is 6.92 Å². The van der Waals surface area contributed by atoms with Gasteiger partial charge < -0.3 is 4.57 Å². The van der Waals surface area contributed by atoms with Crippen LogP contribution in [0.2, 0.25) is 0 Å². The van der Waals surface area contributed by atoms with Gasteiger partial charge in [-0.2, -0.15) is 0 Å². The predicted octanol–water partition coefficient (Wildman–Crippen LogP) is 4.35. The summed E-state index contributed by atoms with van der Waals surface area (Å²) in [5.41, 5.74) is -0.167. The molecule has 3 aromatic rings. The fraction of sp³-hybridized carbons (Fsp3) is 0.188. The van der Waals surface area contributed by atoms with Crippen LogP contribution in [0.15, 0.2) is 29.7 Å². The molecular weight excluding hydrogens is 375 g/mol. The first-order chi connectivity index (χ1) is 12.5. The first kappa shape index (κ1) is 18.3. The molecule has 0 aliphatic rings. The summed E-state index contributed by atoms with van der Waals surface area (Å²) in [6.07, 6.45) is 3.15. The lowest BCUT2D eigenvalue weighted by Crippen LogP contribution is -2.07. The summed E-state index contributed by atoms with van der Waals surface area (Å²) in [4.78, 5) is 3.90. The lowest BCUT2D eigenvalue weighted by molar-refractivity contribution is 0.372. The summed E-state index contributed by atoms with van der Waals surface area (Å²) in [7, 11) is 0. The summed E-state index contributed by atoms with van der Waals surface area (Å²) in [5, 5.41) is 8.28. The van der Waals surface area contributed by atoms with E-state index in [-0.39, 0.29) is 0 Å². The molecule has 4 nitrogen and oxygen atoms in total. The third-order valence-electron chi connectivity index (χ3n) is 3.62. The molecule has 0 radical (unpaired) electrons. The third-order valence-corrected chi connectivity index (χ3v) is 4.61. The van der Waals surface area contributed by atoms with Gasteiger partial charge in [0.05, 0.1) is 0 Å². The number of halogens is 5. The molecule has 1 aromatic carbocycles. The van der Waals surface area contributed by atoms with Crippen LogP contribution >= 0.6 is 11.8 Å². The molecule has 3 rings (SSSR count). The van der Waals surface area contributed by atoms with Crippen LogP contribution in [0.5, 0.6) is 0 Å². The Morgan fingerprint density at radius 3 is 2.04 bits per heavy atom. The van der Waals surface area contributed by atoms with Crippen molar-refractivity contribution in [3.8, 4) is 11.4 Å². The van der Waals surface area contributed by atoms with Crippen molar-refractivity contribution in [2.24, 2.45) is 0 Å². The molecule has 0 saturated carbocycles. The largest absolute Gasteiger partial charge is 0.302 e. The van der Waals surface area contributed by atoms with Crippen LogP contribution in [0, 0.1) is 29.1 Å². The van der Waals surface area contributed by atoms with Gasteiger partial charge in [0.25, 0.3) is 0 Å². The number of aromatic nitrogens is 4. The molecule has 10 heteroatoms. The van der Waals surface area contributed by atoms with Crippen molar-refractivity contribution in [3.05, 3.63) is 59.2 Å². The lowest BCUT2D eigenvalue weighted by Gasteiger charge is -2.09. The van der Waals surface area contributed by atoms with E-state index in [0.717, 1.165) is 17.3 Å². The predicted molar refractivity (Wildman–Crippen MR) is 84.7 cm³/mol. The summed E-state index contributed by atoms with van der Waals surface area (Å²) in [6, 6.07) is 3.43. The number of thioether (sulfide) groups is 1. The van der Waals surface area contributed by atoms with Gasteiger partial charge >= 0.3 is 0 Å². The second-order valence-electron chi connectivity index (χ2n) is 5.12. The normalized spacial score (nSPS) is 11.2. The van der Waals surface area contributed by atoms with Crippen molar-refractivity contribution in [3.63, 3.8) is 0 Å². The number of benzene rings is 1. The van der Waals surface area contributed by atoms with Crippen molar-refractivity contribution in [2.75, 3.05) is 0 Å². The minimum Gasteiger partial charge on any atom is -0.302 e. The molecule has 0 saturated heterocycles. The van der Waals surface area contributed by atoms with Gasteiger partial charge in [-0.25, -0.2) is 22.0 Å². The molecule has 2 aromatic heterocycles. The van der Waals surface area contributed by atoms with Crippen molar-refractivity contribution >= 4 is 11.8 Å². The van der Waals surface area contributed by atoms with Gasteiger partial charge in [-0.1, -0.05) is 11.8 Å². The summed E-state index contributed by atoms with van der Waals surface area (Å²) < 4.78 is 68.9. The molecule has 0 aliphatic heterocycles. The first-order valence-corrected chi connectivity index (χ1v) is 8.41. The van der Waals surface area contributed by atoms with Gasteiger partial charge in [0.2, 0.25) is 5.82 Å². The number of rotatable bonds is 5. The topological polar surface area (TPSA) is 43.6 Å². The summed E-state index contributed by atoms with van der Waals surface area (Å²) in [5.74, 6) is -9.76. The zero-order chi connectivity index (χ0) is 18.8. The standard InChI is InChI=1S/C16H11F5N4S/c1-2-25-15(8-3-5-22-6-4-8)23-24-16(25)26-7-9-10(17)12(19)14(21)13(20)11(9)18/h3-6H,2,7H2,1H3. The zero-order valence-corrected chi connectivity index (χ0v) is 14.1. The average molecular weight is 386 g/mol. The Balaban J connectivity index is 1.91. The van der Waals surface area contributed by atoms with Crippen LogP contribution in [0.4, 0.5) is 22.0 Å². The molecule has 0 amide bonds. The summed E-state index contributed by atoms with van der Waals surface area (Å²) in [6.45, 7) is 2.26. The van der Waals surface area contributed by atoms with Crippen LogP contribution in [0.25, 0.3) is 11.4 Å². The van der Waals surface area contributed by atoms with Gasteiger partial charge in [-0.05, 0) is 19.1 Å². The fourth-order valence-corrected chi connectivity index (χ4v) is 3.31. The quantitative estimate of drug-likeness (QED) is 0.283. The molecule has 26 heavy (non-hydrogen) atoms. The van der Waals surface area contributed by atoms with Crippen molar-refractivity contribution < 1.29 is 22.0 Å². The summed E-state index contributed by atoms with van der Waals surface area (Å²) >= 11 is 0.830. The monoisotopic (exact) mass is 386 g/mol. The van der Waals surface area contributed by atoms with Crippen LogP contribution in [0.3, 0.4) is 0 Å². The fourth-order valence-electron chi connectivity index (χ4n) is 2.31. The smallest absolute Gasteiger partial charge is 0.200 e. The number of hydrogen-bond acceptors (Lipinski definition) is 4. The Labute approximate surface area is 149 Å². The average Bonchev–Trinajstić information content (AvgIpc) is 3.08. The molecule has 0 bridgehead atoms. The zero-order valence-electron chi connectivity index (χ0n) is 13.3. The molecule has 0 aliphatic carbocycles. The van der Waals surface area contributed by atoms with E-state index in [1.165, 1.54) is 0 Å². The Bertz CT molecular complexity index is 917. The van der Waals surface area contributed by atoms with Gasteiger partial charge in [0.1, 0.15) is 0 Å². The van der Waals surface area contributed by atoms with Crippen LogP contribution < -0.4 is 0 Å². The highest BCUT2D eigenvalue weighted by atomic mass is 32.2. The number of nitrogens with zero attached hydrogens (tertiary/aromatic N) is 4. The highest BCUT2D eigenvalue weighted by Gasteiger charge is 2.26. The molecule has 0 unspecified atom stereocenters. The maximum absolute atomic E-state index is 13.8. The highest BCUT2D eigenvalue weighted by molar-refractivity contribution is 7.98. The number of hydrogen-bond donors (Lipinski definition) is 0. The van der Waals surface area contributed by atoms with E-state index < -0.39 is 40.4 Å². The molecule has 0 fully saturated rings. The SMILES string of the molecule is CCn1c(SCc2c(F)c(F)c(F)c(F)c2F)nnc1-c1ccncc1. The van der Waals surface area contributed by atoms with Gasteiger partial charge in [-0.15, -0.1) is 10.2 Å². The number of pyridine rings is 1. The molecule has 136 valence electrons. The van der Waals surface area contributed by atoms with Crippen molar-refractivity contribution in [2.45, 2.75) is 24.4 Å². The van der Waals surface area contributed by atoms with E-state index >= 15 is 0 Å². The van der Waals surface area contributed by atoms with E-state index in [0.29, 0.717) is 17.5 Å². The lowest BCUT2D eigenvalue weighted by atomic mass is 10.2. The van der Waals surface area contributed by atoms with E-state index in [4.69, 9.17) is 0 Å². The van der Waals surface area contributed by atoms with Crippen molar-refractivity contribution in [1.29, 1.82) is 0 Å². The first-order valence-electron chi connectivity index (χ1n) is 7.42. The van der Waals surface area contributed by atoms with Crippen LogP contribution in [-0.2, 0) is 12.3 Å². The Morgan fingerprint density at radius 1 is 0.885 bits per heavy atom.